The number of rotatable bonds is 5. The molecule has 0 aliphatic carbocycles. The van der Waals surface area contributed by atoms with E-state index < -0.39 is 0 Å². The number of fused-ring (bicyclic) bond motifs is 2. The summed E-state index contributed by atoms with van der Waals surface area (Å²) in [6.07, 6.45) is 0. The highest BCUT2D eigenvalue weighted by molar-refractivity contribution is 6.00. The Morgan fingerprint density at radius 1 is 0.760 bits per heavy atom. The first-order chi connectivity index (χ1) is 12.1. The fourth-order valence-electron chi connectivity index (χ4n) is 2.99. The predicted molar refractivity (Wildman–Crippen MR) is 94.8 cm³/mol. The van der Waals surface area contributed by atoms with Crippen LogP contribution < -0.4 is 29.1 Å². The van der Waals surface area contributed by atoms with Gasteiger partial charge in [-0.2, -0.15) is 0 Å². The molecule has 132 valence electrons. The maximum absolute atomic E-state index is 13.1. The van der Waals surface area contributed by atoms with Crippen LogP contribution in [0.15, 0.2) is 23.0 Å². The van der Waals surface area contributed by atoms with Gasteiger partial charge in [-0.15, -0.1) is 0 Å². The minimum Gasteiger partial charge on any atom is -0.493 e. The summed E-state index contributed by atoms with van der Waals surface area (Å²) in [5.74, 6) is 2.10. The number of pyridine rings is 1. The first kappa shape index (κ1) is 16.8. The van der Waals surface area contributed by atoms with E-state index in [1.807, 2.05) is 0 Å². The van der Waals surface area contributed by atoms with Crippen molar-refractivity contribution < 1.29 is 23.7 Å². The van der Waals surface area contributed by atoms with Crippen molar-refractivity contribution in [3.8, 4) is 28.7 Å². The number of methoxy groups -OCH3 is 5. The lowest BCUT2D eigenvalue weighted by atomic mass is 10.1. The van der Waals surface area contributed by atoms with Crippen molar-refractivity contribution in [2.24, 2.45) is 0 Å². The van der Waals surface area contributed by atoms with E-state index in [0.717, 1.165) is 0 Å². The van der Waals surface area contributed by atoms with E-state index in [9.17, 15) is 4.79 Å². The molecule has 2 aromatic carbocycles. The number of hydrogen-bond acceptors (Lipinski definition) is 6. The van der Waals surface area contributed by atoms with Crippen molar-refractivity contribution in [1.82, 2.24) is 4.98 Å². The van der Waals surface area contributed by atoms with Crippen LogP contribution in [0.5, 0.6) is 28.7 Å². The third-order valence-electron chi connectivity index (χ3n) is 4.11. The number of aromatic nitrogens is 1. The molecule has 0 spiro atoms. The molecule has 0 aliphatic rings. The first-order valence-corrected chi connectivity index (χ1v) is 7.50. The number of nitrogens with one attached hydrogen (secondary N) is 1. The van der Waals surface area contributed by atoms with E-state index in [-0.39, 0.29) is 5.43 Å². The van der Waals surface area contributed by atoms with Crippen LogP contribution in [0, 0.1) is 0 Å². The zero-order valence-electron chi connectivity index (χ0n) is 14.7. The predicted octanol–water partition coefficient (Wildman–Crippen LogP) is 2.72. The number of aromatic amines is 1. The topological polar surface area (TPSA) is 79.0 Å². The molecule has 0 radical (unpaired) electrons. The minimum absolute atomic E-state index is 0.206. The summed E-state index contributed by atoms with van der Waals surface area (Å²) in [6.45, 7) is 0. The lowest BCUT2D eigenvalue weighted by molar-refractivity contribution is 0.327. The summed E-state index contributed by atoms with van der Waals surface area (Å²) in [4.78, 5) is 16.3. The van der Waals surface area contributed by atoms with Gasteiger partial charge in [-0.3, -0.25) is 4.79 Å². The minimum atomic E-state index is -0.206. The molecule has 0 amide bonds. The zero-order valence-corrected chi connectivity index (χ0v) is 14.7. The Morgan fingerprint density at radius 3 is 1.96 bits per heavy atom. The van der Waals surface area contributed by atoms with Crippen molar-refractivity contribution >= 4 is 21.8 Å². The summed E-state index contributed by atoms with van der Waals surface area (Å²) in [5, 5.41) is 0.829. The highest BCUT2D eigenvalue weighted by Crippen LogP contribution is 2.43. The smallest absolute Gasteiger partial charge is 0.204 e. The SMILES string of the molecule is COc1cc2[nH]c3c(OC)c(OC)ccc3c(=O)c2c(OC)c1OC. The zero-order chi connectivity index (χ0) is 18.1. The van der Waals surface area contributed by atoms with Gasteiger partial charge in [0, 0.05) is 6.07 Å². The molecule has 1 N–H and O–H groups in total. The summed E-state index contributed by atoms with van der Waals surface area (Å²) in [6, 6.07) is 5.07. The second-order valence-electron chi connectivity index (χ2n) is 5.25. The molecule has 3 rings (SSSR count). The van der Waals surface area contributed by atoms with Crippen molar-refractivity contribution in [3.05, 3.63) is 28.4 Å². The van der Waals surface area contributed by atoms with Crippen LogP contribution in [-0.4, -0.2) is 40.5 Å². The normalized spacial score (nSPS) is 10.8. The summed E-state index contributed by atoms with van der Waals surface area (Å²) in [7, 11) is 7.56. The summed E-state index contributed by atoms with van der Waals surface area (Å²) >= 11 is 0. The second-order valence-corrected chi connectivity index (χ2v) is 5.25. The lowest BCUT2D eigenvalue weighted by Gasteiger charge is -2.16. The molecule has 0 unspecified atom stereocenters. The second kappa shape index (κ2) is 6.43. The maximum Gasteiger partial charge on any atom is 0.204 e. The van der Waals surface area contributed by atoms with Crippen molar-refractivity contribution in [2.75, 3.05) is 35.5 Å². The molecular formula is C18H19NO6. The molecule has 0 atom stereocenters. The Morgan fingerprint density at radius 2 is 1.40 bits per heavy atom. The Kier molecular flexibility index (Phi) is 4.31. The van der Waals surface area contributed by atoms with E-state index in [1.54, 1.807) is 25.3 Å². The monoisotopic (exact) mass is 345 g/mol. The fraction of sp³-hybridized carbons (Fsp3) is 0.278. The van der Waals surface area contributed by atoms with Gasteiger partial charge in [0.1, 0.15) is 0 Å². The van der Waals surface area contributed by atoms with Gasteiger partial charge in [-0.1, -0.05) is 0 Å². The quantitative estimate of drug-likeness (QED) is 0.716. The molecule has 0 aliphatic heterocycles. The highest BCUT2D eigenvalue weighted by atomic mass is 16.5. The molecule has 0 saturated heterocycles. The third kappa shape index (κ3) is 2.39. The fourth-order valence-corrected chi connectivity index (χ4v) is 2.99. The molecule has 1 heterocycles. The largest absolute Gasteiger partial charge is 0.493 e. The van der Waals surface area contributed by atoms with Crippen LogP contribution in [0.1, 0.15) is 0 Å². The van der Waals surface area contributed by atoms with Crippen LogP contribution >= 0.6 is 0 Å². The van der Waals surface area contributed by atoms with E-state index in [4.69, 9.17) is 23.7 Å². The molecule has 7 nitrogen and oxygen atoms in total. The molecule has 0 bridgehead atoms. The van der Waals surface area contributed by atoms with Gasteiger partial charge in [0.05, 0.1) is 57.4 Å². The van der Waals surface area contributed by atoms with Crippen LogP contribution in [-0.2, 0) is 0 Å². The number of benzene rings is 2. The van der Waals surface area contributed by atoms with Gasteiger partial charge in [0.25, 0.3) is 0 Å². The average Bonchev–Trinajstić information content (AvgIpc) is 2.65. The molecule has 0 fully saturated rings. The van der Waals surface area contributed by atoms with E-state index in [2.05, 4.69) is 4.98 Å². The van der Waals surface area contributed by atoms with Crippen LogP contribution in [0.3, 0.4) is 0 Å². The standard InChI is InChI=1S/C18H19NO6/c1-21-11-7-6-9-14(16(11)23-3)19-10-8-12(22-2)17(24-4)18(25-5)13(10)15(9)20/h6-8H,1-5H3,(H,19,20). The number of hydrogen-bond donors (Lipinski definition) is 1. The number of ether oxygens (including phenoxy) is 5. The average molecular weight is 345 g/mol. The third-order valence-corrected chi connectivity index (χ3v) is 4.11. The molecule has 25 heavy (non-hydrogen) atoms. The van der Waals surface area contributed by atoms with Gasteiger partial charge in [0.15, 0.2) is 23.0 Å². The molecule has 1 aromatic heterocycles. The lowest BCUT2D eigenvalue weighted by Crippen LogP contribution is -2.08. The first-order valence-electron chi connectivity index (χ1n) is 7.50. The van der Waals surface area contributed by atoms with Crippen LogP contribution in [0.2, 0.25) is 0 Å². The van der Waals surface area contributed by atoms with E-state index in [0.29, 0.717) is 50.6 Å². The van der Waals surface area contributed by atoms with Crippen molar-refractivity contribution in [2.45, 2.75) is 0 Å². The van der Waals surface area contributed by atoms with Crippen LogP contribution in [0.4, 0.5) is 0 Å². The van der Waals surface area contributed by atoms with Crippen molar-refractivity contribution in [3.63, 3.8) is 0 Å². The molecular weight excluding hydrogens is 326 g/mol. The van der Waals surface area contributed by atoms with E-state index >= 15 is 0 Å². The summed E-state index contributed by atoms with van der Waals surface area (Å²) < 4.78 is 26.9. The highest BCUT2D eigenvalue weighted by Gasteiger charge is 2.21. The van der Waals surface area contributed by atoms with Gasteiger partial charge in [-0.25, -0.2) is 0 Å². The Labute approximate surface area is 144 Å². The Bertz CT molecular complexity index is 1010. The molecule has 0 saturated carbocycles. The van der Waals surface area contributed by atoms with Gasteiger partial charge < -0.3 is 28.7 Å². The summed E-state index contributed by atoms with van der Waals surface area (Å²) in [5.41, 5.74) is 0.870. The van der Waals surface area contributed by atoms with E-state index in [1.165, 1.54) is 28.4 Å². The molecule has 3 aromatic rings. The van der Waals surface area contributed by atoms with Crippen LogP contribution in [0.25, 0.3) is 21.8 Å². The number of H-pyrrole nitrogens is 1. The molecule has 7 heteroatoms. The van der Waals surface area contributed by atoms with Gasteiger partial charge >= 0.3 is 0 Å². The maximum atomic E-state index is 13.1. The Hall–Kier alpha value is -3.09. The van der Waals surface area contributed by atoms with Gasteiger partial charge in [0.2, 0.25) is 11.2 Å². The Balaban J connectivity index is 2.55. The van der Waals surface area contributed by atoms with Gasteiger partial charge in [-0.05, 0) is 12.1 Å². The van der Waals surface area contributed by atoms with Crippen molar-refractivity contribution in [1.29, 1.82) is 0 Å².